The van der Waals surface area contributed by atoms with Crippen LogP contribution in [0, 0.1) is 18.3 Å². The van der Waals surface area contributed by atoms with E-state index >= 15 is 0 Å². The predicted molar refractivity (Wildman–Crippen MR) is 111 cm³/mol. The first-order valence-corrected chi connectivity index (χ1v) is 9.97. The molecule has 0 amide bonds. The summed E-state index contributed by atoms with van der Waals surface area (Å²) >= 11 is 1.45. The molecule has 1 aliphatic rings. The van der Waals surface area contributed by atoms with E-state index in [1.54, 1.807) is 13.1 Å². The molecule has 0 unspecified atom stereocenters. The van der Waals surface area contributed by atoms with Gasteiger partial charge in [-0.25, -0.2) is 4.79 Å². The van der Waals surface area contributed by atoms with Crippen molar-refractivity contribution in [2.75, 3.05) is 23.8 Å². The highest BCUT2D eigenvalue weighted by atomic mass is 32.1. The average molecular weight is 392 g/mol. The summed E-state index contributed by atoms with van der Waals surface area (Å²) in [7, 11) is 0. The van der Waals surface area contributed by atoms with Crippen LogP contribution in [0.15, 0.2) is 24.4 Å². The Morgan fingerprint density at radius 1 is 1.46 bits per heavy atom. The van der Waals surface area contributed by atoms with Gasteiger partial charge in [-0.05, 0) is 31.4 Å². The molecule has 28 heavy (non-hydrogen) atoms. The number of aromatic nitrogens is 1. The van der Waals surface area contributed by atoms with Crippen molar-refractivity contribution in [2.45, 2.75) is 26.8 Å². The number of benzene rings is 1. The fourth-order valence-corrected chi connectivity index (χ4v) is 4.88. The van der Waals surface area contributed by atoms with Gasteiger partial charge in [0, 0.05) is 23.0 Å². The number of nitriles is 1. The molecule has 0 spiro atoms. The summed E-state index contributed by atoms with van der Waals surface area (Å²) in [6.45, 7) is 5.40. The van der Waals surface area contributed by atoms with Crippen LogP contribution in [0.5, 0.6) is 0 Å². The maximum Gasteiger partial charge on any atom is 0.341 e. The van der Waals surface area contributed by atoms with E-state index in [0.29, 0.717) is 42.2 Å². The number of pyridine rings is 1. The first-order valence-electron chi connectivity index (χ1n) is 9.15. The third kappa shape index (κ3) is 2.86. The lowest BCUT2D eigenvalue weighted by atomic mass is 10.00. The Morgan fingerprint density at radius 2 is 2.29 bits per heavy atom. The number of hydrogen-bond donors (Lipinski definition) is 1. The number of nitrogens with zero attached hydrogens (tertiary/aromatic N) is 3. The van der Waals surface area contributed by atoms with Gasteiger partial charge in [-0.1, -0.05) is 18.2 Å². The summed E-state index contributed by atoms with van der Waals surface area (Å²) < 4.78 is 5.28. The molecule has 1 aromatic carbocycles. The van der Waals surface area contributed by atoms with Gasteiger partial charge in [-0.15, -0.1) is 11.3 Å². The van der Waals surface area contributed by atoms with E-state index in [0.717, 1.165) is 32.6 Å². The Morgan fingerprint density at radius 3 is 3.04 bits per heavy atom. The standard InChI is InChI=1S/C21H20N4O2S/c1-3-27-21(26)16-10-24-18-12(2)5-4-6-14(18)19(16)25-8-7-13-15(9-22)20(23)28-17(13)11-25/h4-6,10H,3,7-8,11,23H2,1-2H3. The van der Waals surface area contributed by atoms with Gasteiger partial charge in [0.25, 0.3) is 0 Å². The van der Waals surface area contributed by atoms with Crippen LogP contribution in [-0.4, -0.2) is 24.1 Å². The van der Waals surface area contributed by atoms with Crippen molar-refractivity contribution in [1.29, 1.82) is 5.26 Å². The van der Waals surface area contributed by atoms with E-state index in [2.05, 4.69) is 16.0 Å². The van der Waals surface area contributed by atoms with Crippen molar-refractivity contribution < 1.29 is 9.53 Å². The monoisotopic (exact) mass is 392 g/mol. The Kier molecular flexibility index (Phi) is 4.65. The lowest BCUT2D eigenvalue weighted by Crippen LogP contribution is -2.31. The number of hydrogen-bond acceptors (Lipinski definition) is 7. The maximum absolute atomic E-state index is 12.6. The lowest BCUT2D eigenvalue weighted by Gasteiger charge is -2.31. The molecule has 0 aliphatic carbocycles. The summed E-state index contributed by atoms with van der Waals surface area (Å²) in [6, 6.07) is 8.20. The second-order valence-electron chi connectivity index (χ2n) is 6.74. The molecule has 142 valence electrons. The van der Waals surface area contributed by atoms with Crippen LogP contribution in [0.1, 0.15) is 38.8 Å². The second kappa shape index (κ2) is 7.13. The first-order chi connectivity index (χ1) is 13.5. The van der Waals surface area contributed by atoms with Crippen LogP contribution in [0.4, 0.5) is 10.7 Å². The molecule has 7 heteroatoms. The number of esters is 1. The summed E-state index contributed by atoms with van der Waals surface area (Å²) in [5.74, 6) is -0.373. The summed E-state index contributed by atoms with van der Waals surface area (Å²) in [5, 5.41) is 10.9. The topological polar surface area (TPSA) is 92.2 Å². The van der Waals surface area contributed by atoms with E-state index in [1.807, 2.05) is 25.1 Å². The molecular weight excluding hydrogens is 372 g/mol. The van der Waals surface area contributed by atoms with Gasteiger partial charge in [-0.2, -0.15) is 5.26 Å². The van der Waals surface area contributed by atoms with Crippen molar-refractivity contribution in [3.63, 3.8) is 0 Å². The molecule has 3 aromatic rings. The lowest BCUT2D eigenvalue weighted by molar-refractivity contribution is 0.0526. The smallest absolute Gasteiger partial charge is 0.341 e. The van der Waals surface area contributed by atoms with Crippen molar-refractivity contribution >= 4 is 38.9 Å². The number of thiophene rings is 1. The van der Waals surface area contributed by atoms with E-state index < -0.39 is 0 Å². The van der Waals surface area contributed by atoms with Crippen molar-refractivity contribution in [3.05, 3.63) is 51.5 Å². The highest BCUT2D eigenvalue weighted by molar-refractivity contribution is 7.16. The molecule has 6 nitrogen and oxygen atoms in total. The molecule has 0 saturated carbocycles. The van der Waals surface area contributed by atoms with E-state index in [1.165, 1.54) is 11.3 Å². The third-order valence-electron chi connectivity index (χ3n) is 5.08. The molecule has 2 aromatic heterocycles. The average Bonchev–Trinajstić information content (AvgIpc) is 3.01. The number of carbonyl (C=O) groups excluding carboxylic acids is 1. The Labute approximate surface area is 167 Å². The van der Waals surface area contributed by atoms with Gasteiger partial charge >= 0.3 is 5.97 Å². The van der Waals surface area contributed by atoms with Gasteiger partial charge in [0.2, 0.25) is 0 Å². The van der Waals surface area contributed by atoms with Crippen LogP contribution >= 0.6 is 11.3 Å². The zero-order chi connectivity index (χ0) is 19.8. The van der Waals surface area contributed by atoms with E-state index in [9.17, 15) is 10.1 Å². The number of nitrogens with two attached hydrogens (primary N) is 1. The van der Waals surface area contributed by atoms with Gasteiger partial charge < -0.3 is 15.4 Å². The molecule has 2 N–H and O–H groups in total. The van der Waals surface area contributed by atoms with E-state index in [-0.39, 0.29) is 5.97 Å². The largest absolute Gasteiger partial charge is 0.462 e. The fourth-order valence-electron chi connectivity index (χ4n) is 3.79. The molecule has 3 heterocycles. The van der Waals surface area contributed by atoms with Crippen molar-refractivity contribution in [3.8, 4) is 6.07 Å². The van der Waals surface area contributed by atoms with Gasteiger partial charge in [0.1, 0.15) is 16.6 Å². The van der Waals surface area contributed by atoms with E-state index in [4.69, 9.17) is 10.5 Å². The van der Waals surface area contributed by atoms with Crippen LogP contribution in [0.25, 0.3) is 10.9 Å². The number of anilines is 2. The number of aryl methyl sites for hydroxylation is 1. The number of rotatable bonds is 3. The molecular formula is C21H20N4O2S. The molecule has 0 fully saturated rings. The zero-order valence-electron chi connectivity index (χ0n) is 15.8. The highest BCUT2D eigenvalue weighted by Gasteiger charge is 2.28. The molecule has 0 saturated heterocycles. The van der Waals surface area contributed by atoms with Crippen LogP contribution < -0.4 is 10.6 Å². The Bertz CT molecular complexity index is 1130. The summed E-state index contributed by atoms with van der Waals surface area (Å²) in [6.07, 6.45) is 2.32. The molecule has 0 bridgehead atoms. The fraction of sp³-hybridized carbons (Fsp3) is 0.286. The van der Waals surface area contributed by atoms with Gasteiger partial charge in [0.15, 0.2) is 0 Å². The minimum Gasteiger partial charge on any atom is -0.462 e. The number of nitrogen functional groups attached to an aromatic ring is 1. The Balaban J connectivity index is 1.87. The number of ether oxygens (including phenoxy) is 1. The molecule has 1 aliphatic heterocycles. The summed E-state index contributed by atoms with van der Waals surface area (Å²) in [4.78, 5) is 20.4. The molecule has 0 radical (unpaired) electrons. The normalized spacial score (nSPS) is 13.2. The van der Waals surface area contributed by atoms with Crippen molar-refractivity contribution in [1.82, 2.24) is 4.98 Å². The first kappa shape index (κ1) is 18.3. The summed E-state index contributed by atoms with van der Waals surface area (Å²) in [5.41, 5.74) is 10.9. The minimum atomic E-state index is -0.373. The quantitative estimate of drug-likeness (QED) is 0.682. The van der Waals surface area contributed by atoms with Crippen LogP contribution in [0.2, 0.25) is 0 Å². The highest BCUT2D eigenvalue weighted by Crippen LogP contribution is 2.39. The van der Waals surface area contributed by atoms with Crippen LogP contribution in [-0.2, 0) is 17.7 Å². The van der Waals surface area contributed by atoms with Gasteiger partial charge in [0.05, 0.1) is 29.9 Å². The Hall–Kier alpha value is -3.11. The molecule has 4 rings (SSSR count). The number of carbonyl (C=O) groups is 1. The maximum atomic E-state index is 12.6. The zero-order valence-corrected chi connectivity index (χ0v) is 16.6. The van der Waals surface area contributed by atoms with Crippen molar-refractivity contribution in [2.24, 2.45) is 0 Å². The second-order valence-corrected chi connectivity index (χ2v) is 7.88. The minimum absolute atomic E-state index is 0.307. The predicted octanol–water partition coefficient (Wildman–Crippen LogP) is 3.80. The third-order valence-corrected chi connectivity index (χ3v) is 6.12. The number of fused-ring (bicyclic) bond motifs is 2. The number of para-hydroxylation sites is 1. The van der Waals surface area contributed by atoms with Crippen LogP contribution in [0.3, 0.4) is 0 Å². The SMILES string of the molecule is CCOC(=O)c1cnc2c(C)cccc2c1N1CCc2c(sc(N)c2C#N)C1. The van der Waals surface area contributed by atoms with Gasteiger partial charge in [-0.3, -0.25) is 4.98 Å². The molecule has 0 atom stereocenters.